The van der Waals surface area contributed by atoms with Crippen molar-refractivity contribution in [3.63, 3.8) is 0 Å². The molecule has 0 amide bonds. The first kappa shape index (κ1) is 13.0. The van der Waals surface area contributed by atoms with Crippen LogP contribution >= 0.6 is 0 Å². The van der Waals surface area contributed by atoms with Gasteiger partial charge in [-0.1, -0.05) is 12.1 Å². The summed E-state index contributed by atoms with van der Waals surface area (Å²) < 4.78 is 11.5. The van der Waals surface area contributed by atoms with E-state index >= 15 is 0 Å². The van der Waals surface area contributed by atoms with Gasteiger partial charge in [0.1, 0.15) is 0 Å². The second kappa shape index (κ2) is 6.43. The number of imidazole rings is 1. The molecule has 0 saturated heterocycles. The SMILES string of the molecule is c1cc(CNCCc2cnc[nH]2)c2c(c1)OCCCO2. The predicted molar refractivity (Wildman–Crippen MR) is 76.0 cm³/mol. The first-order chi connectivity index (χ1) is 9.93. The molecule has 0 fully saturated rings. The molecule has 2 N–H and O–H groups in total. The molecule has 3 rings (SSSR count). The van der Waals surface area contributed by atoms with Crippen molar-refractivity contribution in [2.45, 2.75) is 19.4 Å². The van der Waals surface area contributed by atoms with Crippen LogP contribution in [0, 0.1) is 0 Å². The molecule has 0 radical (unpaired) electrons. The van der Waals surface area contributed by atoms with Gasteiger partial charge >= 0.3 is 0 Å². The van der Waals surface area contributed by atoms with E-state index in [1.807, 2.05) is 18.3 Å². The fourth-order valence-electron chi connectivity index (χ4n) is 2.26. The lowest BCUT2D eigenvalue weighted by atomic mass is 10.2. The maximum atomic E-state index is 5.80. The van der Waals surface area contributed by atoms with E-state index < -0.39 is 0 Å². The van der Waals surface area contributed by atoms with Crippen LogP contribution in [-0.4, -0.2) is 29.7 Å². The van der Waals surface area contributed by atoms with Crippen LogP contribution in [0.1, 0.15) is 17.7 Å². The number of hydrogen-bond acceptors (Lipinski definition) is 4. The molecule has 1 aliphatic rings. The van der Waals surface area contributed by atoms with E-state index in [-0.39, 0.29) is 0 Å². The van der Waals surface area contributed by atoms with E-state index in [4.69, 9.17) is 9.47 Å². The van der Waals surface area contributed by atoms with Crippen LogP contribution < -0.4 is 14.8 Å². The van der Waals surface area contributed by atoms with E-state index in [9.17, 15) is 0 Å². The van der Waals surface area contributed by atoms with Gasteiger partial charge in [0, 0.05) is 43.4 Å². The molecule has 5 heteroatoms. The zero-order valence-corrected chi connectivity index (χ0v) is 11.4. The highest BCUT2D eigenvalue weighted by molar-refractivity contribution is 5.47. The molecule has 1 aliphatic heterocycles. The van der Waals surface area contributed by atoms with Crippen LogP contribution in [-0.2, 0) is 13.0 Å². The van der Waals surface area contributed by atoms with Crippen molar-refractivity contribution in [1.82, 2.24) is 15.3 Å². The average molecular weight is 273 g/mol. The highest BCUT2D eigenvalue weighted by Crippen LogP contribution is 2.32. The smallest absolute Gasteiger partial charge is 0.165 e. The number of nitrogens with zero attached hydrogens (tertiary/aromatic N) is 1. The highest BCUT2D eigenvalue weighted by Gasteiger charge is 2.13. The van der Waals surface area contributed by atoms with Crippen LogP contribution in [0.15, 0.2) is 30.7 Å². The summed E-state index contributed by atoms with van der Waals surface area (Å²) in [7, 11) is 0. The Kier molecular flexibility index (Phi) is 4.18. The Hall–Kier alpha value is -2.01. The van der Waals surface area contributed by atoms with Crippen LogP contribution in [0.2, 0.25) is 0 Å². The van der Waals surface area contributed by atoms with Gasteiger partial charge in [0.05, 0.1) is 19.5 Å². The van der Waals surface area contributed by atoms with E-state index in [0.717, 1.165) is 61.9 Å². The average Bonchev–Trinajstić information content (AvgIpc) is 2.87. The molecule has 2 aromatic rings. The topological polar surface area (TPSA) is 59.2 Å². The standard InChI is InChI=1S/C15H19N3O2/c1-3-12(9-16-6-5-13-10-17-11-18-13)15-14(4-1)19-7-2-8-20-15/h1,3-4,10-11,16H,2,5-9H2,(H,17,18). The first-order valence-corrected chi connectivity index (χ1v) is 6.99. The summed E-state index contributed by atoms with van der Waals surface area (Å²) in [6.45, 7) is 3.12. The Balaban J connectivity index is 1.57. The second-order valence-corrected chi connectivity index (χ2v) is 4.80. The van der Waals surface area contributed by atoms with Gasteiger partial charge in [-0.05, 0) is 6.07 Å². The number of benzene rings is 1. The minimum atomic E-state index is 0.720. The molecule has 0 unspecified atom stereocenters. The fraction of sp³-hybridized carbons (Fsp3) is 0.400. The van der Waals surface area contributed by atoms with Crippen molar-refractivity contribution < 1.29 is 9.47 Å². The fourth-order valence-corrected chi connectivity index (χ4v) is 2.26. The van der Waals surface area contributed by atoms with Crippen LogP contribution in [0.5, 0.6) is 11.5 Å². The van der Waals surface area contributed by atoms with Crippen LogP contribution in [0.3, 0.4) is 0 Å². The molecular formula is C15H19N3O2. The quantitative estimate of drug-likeness (QED) is 0.817. The van der Waals surface area contributed by atoms with Gasteiger partial charge in [0.15, 0.2) is 11.5 Å². The van der Waals surface area contributed by atoms with E-state index in [1.165, 1.54) is 0 Å². The summed E-state index contributed by atoms with van der Waals surface area (Å²) in [6.07, 6.45) is 5.43. The summed E-state index contributed by atoms with van der Waals surface area (Å²) >= 11 is 0. The Morgan fingerprint density at radius 2 is 2.20 bits per heavy atom. The molecule has 0 saturated carbocycles. The lowest BCUT2D eigenvalue weighted by Gasteiger charge is -2.12. The van der Waals surface area contributed by atoms with Crippen molar-refractivity contribution >= 4 is 0 Å². The van der Waals surface area contributed by atoms with Crippen molar-refractivity contribution in [1.29, 1.82) is 0 Å². The maximum absolute atomic E-state index is 5.80. The number of aromatic amines is 1. The van der Waals surface area contributed by atoms with Gasteiger partial charge in [-0.3, -0.25) is 0 Å². The molecule has 0 bridgehead atoms. The minimum absolute atomic E-state index is 0.720. The molecule has 0 atom stereocenters. The molecule has 0 aliphatic carbocycles. The van der Waals surface area contributed by atoms with Gasteiger partial charge in [-0.15, -0.1) is 0 Å². The van der Waals surface area contributed by atoms with E-state index in [0.29, 0.717) is 0 Å². The van der Waals surface area contributed by atoms with E-state index in [2.05, 4.69) is 21.4 Å². The lowest BCUT2D eigenvalue weighted by Crippen LogP contribution is -2.17. The second-order valence-electron chi connectivity index (χ2n) is 4.80. The summed E-state index contributed by atoms with van der Waals surface area (Å²) in [4.78, 5) is 7.11. The largest absolute Gasteiger partial charge is 0.490 e. The molecule has 5 nitrogen and oxygen atoms in total. The van der Waals surface area contributed by atoms with Crippen LogP contribution in [0.25, 0.3) is 0 Å². The number of hydrogen-bond donors (Lipinski definition) is 2. The van der Waals surface area contributed by atoms with Gasteiger partial charge < -0.3 is 19.8 Å². The number of fused-ring (bicyclic) bond motifs is 1. The third kappa shape index (κ3) is 3.11. The van der Waals surface area contributed by atoms with E-state index in [1.54, 1.807) is 6.33 Å². The number of nitrogens with one attached hydrogen (secondary N) is 2. The third-order valence-corrected chi connectivity index (χ3v) is 3.29. The van der Waals surface area contributed by atoms with Crippen molar-refractivity contribution in [2.75, 3.05) is 19.8 Å². The highest BCUT2D eigenvalue weighted by atomic mass is 16.5. The molecule has 1 aromatic carbocycles. The van der Waals surface area contributed by atoms with Gasteiger partial charge in [-0.25, -0.2) is 4.98 Å². The number of aromatic nitrogens is 2. The maximum Gasteiger partial charge on any atom is 0.165 e. The van der Waals surface area contributed by atoms with Gasteiger partial charge in [0.2, 0.25) is 0 Å². The zero-order chi connectivity index (χ0) is 13.6. The number of para-hydroxylation sites is 1. The van der Waals surface area contributed by atoms with Crippen LogP contribution in [0.4, 0.5) is 0 Å². The predicted octanol–water partition coefficient (Wildman–Crippen LogP) is 1.90. The first-order valence-electron chi connectivity index (χ1n) is 6.99. The summed E-state index contributed by atoms with van der Waals surface area (Å²) in [6, 6.07) is 6.06. The lowest BCUT2D eigenvalue weighted by molar-refractivity contribution is 0.296. The molecular weight excluding hydrogens is 254 g/mol. The number of ether oxygens (including phenoxy) is 2. The van der Waals surface area contributed by atoms with Gasteiger partial charge in [-0.2, -0.15) is 0 Å². The summed E-state index contributed by atoms with van der Waals surface area (Å²) in [5.41, 5.74) is 2.29. The number of rotatable bonds is 5. The Morgan fingerprint density at radius 3 is 3.10 bits per heavy atom. The molecule has 20 heavy (non-hydrogen) atoms. The third-order valence-electron chi connectivity index (χ3n) is 3.29. The minimum Gasteiger partial charge on any atom is -0.490 e. The van der Waals surface area contributed by atoms with Crippen molar-refractivity contribution in [2.24, 2.45) is 0 Å². The number of H-pyrrole nitrogens is 1. The Labute approximate surface area is 118 Å². The molecule has 106 valence electrons. The molecule has 1 aromatic heterocycles. The van der Waals surface area contributed by atoms with Gasteiger partial charge in [0.25, 0.3) is 0 Å². The monoisotopic (exact) mass is 273 g/mol. The zero-order valence-electron chi connectivity index (χ0n) is 11.4. The normalized spacial score (nSPS) is 14.0. The summed E-state index contributed by atoms with van der Waals surface area (Å²) in [5.74, 6) is 1.74. The molecule has 2 heterocycles. The summed E-state index contributed by atoms with van der Waals surface area (Å²) in [5, 5.41) is 3.43. The Morgan fingerprint density at radius 1 is 1.25 bits per heavy atom. The van der Waals surface area contributed by atoms with Crippen molar-refractivity contribution in [3.05, 3.63) is 42.0 Å². The molecule has 0 spiro atoms. The Bertz CT molecular complexity index is 540. The van der Waals surface area contributed by atoms with Crippen molar-refractivity contribution in [3.8, 4) is 11.5 Å².